The Bertz CT molecular complexity index is 981. The maximum absolute atomic E-state index is 12.4. The van der Waals surface area contributed by atoms with Crippen LogP contribution in [0.25, 0.3) is 0 Å². The summed E-state index contributed by atoms with van der Waals surface area (Å²) in [6.07, 6.45) is 3.14. The van der Waals surface area contributed by atoms with Gasteiger partial charge in [0.25, 0.3) is 5.91 Å². The van der Waals surface area contributed by atoms with Crippen molar-refractivity contribution in [2.45, 2.75) is 51.0 Å². The van der Waals surface area contributed by atoms with Gasteiger partial charge in [0.2, 0.25) is 5.91 Å². The first kappa shape index (κ1) is 24.6. The minimum atomic E-state index is -1.27. The molecule has 0 aromatic heterocycles. The van der Waals surface area contributed by atoms with Gasteiger partial charge < -0.3 is 20.5 Å². The fourth-order valence-corrected chi connectivity index (χ4v) is 3.99. The lowest BCUT2D eigenvalue weighted by Gasteiger charge is -2.30. The monoisotopic (exact) mass is 472 g/mol. The van der Waals surface area contributed by atoms with E-state index < -0.39 is 11.5 Å². The van der Waals surface area contributed by atoms with Crippen LogP contribution in [0.1, 0.15) is 51.0 Å². The van der Waals surface area contributed by atoms with Crippen molar-refractivity contribution in [1.82, 2.24) is 5.32 Å². The van der Waals surface area contributed by atoms with Crippen LogP contribution in [0.5, 0.6) is 5.75 Å². The highest BCUT2D eigenvalue weighted by atomic mass is 35.5. The molecule has 0 heterocycles. The van der Waals surface area contributed by atoms with Crippen molar-refractivity contribution < 1.29 is 24.2 Å². The average Bonchev–Trinajstić information content (AvgIpc) is 2.79. The summed E-state index contributed by atoms with van der Waals surface area (Å²) in [6.45, 7) is 2.88. The number of benzene rings is 2. The fourth-order valence-electron chi connectivity index (χ4n) is 3.87. The third-order valence-corrected chi connectivity index (χ3v) is 6.17. The van der Waals surface area contributed by atoms with Gasteiger partial charge in [-0.15, -0.1) is 0 Å². The molecular weight excluding hydrogens is 444 g/mol. The summed E-state index contributed by atoms with van der Waals surface area (Å²) in [5.41, 5.74) is 0.580. The van der Waals surface area contributed by atoms with E-state index in [2.05, 4.69) is 10.6 Å². The summed E-state index contributed by atoms with van der Waals surface area (Å²) in [5.74, 6) is -0.763. The van der Waals surface area contributed by atoms with E-state index in [1.165, 1.54) is 13.8 Å². The number of hydrogen-bond donors (Lipinski definition) is 3. The molecule has 0 radical (unpaired) electrons. The van der Waals surface area contributed by atoms with E-state index in [4.69, 9.17) is 16.3 Å². The van der Waals surface area contributed by atoms with E-state index in [0.717, 1.165) is 18.4 Å². The Kier molecular flexibility index (Phi) is 7.97. The molecule has 1 fully saturated rings. The number of carbonyl (C=O) groups is 3. The van der Waals surface area contributed by atoms with E-state index in [9.17, 15) is 19.5 Å². The lowest BCUT2D eigenvalue weighted by Crippen LogP contribution is -2.51. The van der Waals surface area contributed by atoms with Crippen LogP contribution in [0.2, 0.25) is 5.02 Å². The number of rotatable bonds is 8. The van der Waals surface area contributed by atoms with Crippen molar-refractivity contribution in [1.29, 1.82) is 0 Å². The van der Waals surface area contributed by atoms with E-state index in [1.807, 2.05) is 24.3 Å². The standard InChI is InChI=1S/C25H29ClN2O5/c1-25(2,24(31)32)28-23(30)18-5-3-16(4-6-18)17-7-11-20(12-8-17)27-22(29)15-33-21-13-9-19(26)10-14-21/h7-14,16,18H,3-6,15H2,1-2H3,(H,27,29)(H,28,30)(H,31,32)/t16-,18+. The molecule has 0 aliphatic heterocycles. The maximum atomic E-state index is 12.4. The third-order valence-electron chi connectivity index (χ3n) is 5.92. The van der Waals surface area contributed by atoms with Crippen LogP contribution in [-0.4, -0.2) is 35.0 Å². The number of amides is 2. The van der Waals surface area contributed by atoms with Gasteiger partial charge in [0.1, 0.15) is 11.3 Å². The lowest BCUT2D eigenvalue weighted by molar-refractivity contribution is -0.146. The molecule has 176 valence electrons. The van der Waals surface area contributed by atoms with E-state index >= 15 is 0 Å². The highest BCUT2D eigenvalue weighted by molar-refractivity contribution is 6.30. The Morgan fingerprint density at radius 1 is 1.00 bits per heavy atom. The predicted molar refractivity (Wildman–Crippen MR) is 127 cm³/mol. The van der Waals surface area contributed by atoms with Gasteiger partial charge >= 0.3 is 5.97 Å². The van der Waals surface area contributed by atoms with Crippen molar-refractivity contribution in [3.63, 3.8) is 0 Å². The second-order valence-corrected chi connectivity index (χ2v) is 9.32. The maximum Gasteiger partial charge on any atom is 0.328 e. The molecule has 0 spiro atoms. The van der Waals surface area contributed by atoms with Gasteiger partial charge in [-0.2, -0.15) is 0 Å². The summed E-state index contributed by atoms with van der Waals surface area (Å²) in [4.78, 5) is 35.8. The van der Waals surface area contributed by atoms with E-state index in [0.29, 0.717) is 35.2 Å². The molecule has 1 aliphatic carbocycles. The molecule has 3 N–H and O–H groups in total. The van der Waals surface area contributed by atoms with Crippen molar-refractivity contribution in [2.75, 3.05) is 11.9 Å². The average molecular weight is 473 g/mol. The zero-order chi connectivity index (χ0) is 24.0. The first-order valence-electron chi connectivity index (χ1n) is 11.0. The third kappa shape index (κ3) is 6.96. The summed E-state index contributed by atoms with van der Waals surface area (Å²) < 4.78 is 5.45. The normalized spacial score (nSPS) is 18.3. The molecule has 0 atom stereocenters. The summed E-state index contributed by atoms with van der Waals surface area (Å²) in [6, 6.07) is 14.5. The van der Waals surface area contributed by atoms with Gasteiger partial charge in [0, 0.05) is 16.6 Å². The van der Waals surface area contributed by atoms with Crippen LogP contribution in [0.3, 0.4) is 0 Å². The first-order chi connectivity index (χ1) is 15.6. The van der Waals surface area contributed by atoms with Gasteiger partial charge in [0.15, 0.2) is 6.61 Å². The van der Waals surface area contributed by atoms with Crippen molar-refractivity contribution in [3.8, 4) is 5.75 Å². The quantitative estimate of drug-likeness (QED) is 0.520. The second kappa shape index (κ2) is 10.7. The number of halogens is 1. The van der Waals surface area contributed by atoms with Gasteiger partial charge in [-0.25, -0.2) is 4.79 Å². The lowest BCUT2D eigenvalue weighted by atomic mass is 9.78. The Morgan fingerprint density at radius 2 is 1.61 bits per heavy atom. The molecule has 0 bridgehead atoms. The van der Waals surface area contributed by atoms with Crippen molar-refractivity contribution >= 4 is 35.1 Å². The molecule has 1 aliphatic rings. The van der Waals surface area contributed by atoms with Crippen LogP contribution in [0.4, 0.5) is 5.69 Å². The molecule has 2 amide bonds. The van der Waals surface area contributed by atoms with E-state index in [1.54, 1.807) is 24.3 Å². The van der Waals surface area contributed by atoms with Gasteiger partial charge in [-0.05, 0) is 87.4 Å². The molecule has 3 rings (SSSR count). The second-order valence-electron chi connectivity index (χ2n) is 8.88. The van der Waals surface area contributed by atoms with Gasteiger partial charge in [-0.3, -0.25) is 9.59 Å². The molecule has 33 heavy (non-hydrogen) atoms. The van der Waals surface area contributed by atoms with Crippen LogP contribution >= 0.6 is 11.6 Å². The fraction of sp³-hybridized carbons (Fsp3) is 0.400. The number of ether oxygens (including phenoxy) is 1. The SMILES string of the molecule is CC(C)(NC(=O)[C@H]1CC[C@@H](c2ccc(NC(=O)COc3ccc(Cl)cc3)cc2)CC1)C(=O)O. The van der Waals surface area contributed by atoms with Crippen LogP contribution in [0, 0.1) is 5.92 Å². The largest absolute Gasteiger partial charge is 0.484 e. The number of carboxylic acids is 1. The van der Waals surface area contributed by atoms with Gasteiger partial charge in [-0.1, -0.05) is 23.7 Å². The Labute approximate surface area is 198 Å². The molecule has 7 nitrogen and oxygen atoms in total. The topological polar surface area (TPSA) is 105 Å². The smallest absolute Gasteiger partial charge is 0.328 e. The van der Waals surface area contributed by atoms with Crippen molar-refractivity contribution in [3.05, 3.63) is 59.1 Å². The van der Waals surface area contributed by atoms with Gasteiger partial charge in [0.05, 0.1) is 0 Å². The number of carboxylic acid groups (broad SMARTS) is 1. The highest BCUT2D eigenvalue weighted by Crippen LogP contribution is 2.36. The minimum Gasteiger partial charge on any atom is -0.484 e. The Morgan fingerprint density at radius 3 is 2.18 bits per heavy atom. The zero-order valence-corrected chi connectivity index (χ0v) is 19.5. The molecule has 0 saturated heterocycles. The molecular formula is C25H29ClN2O5. The molecule has 2 aromatic rings. The number of nitrogens with one attached hydrogen (secondary N) is 2. The molecule has 1 saturated carbocycles. The zero-order valence-electron chi connectivity index (χ0n) is 18.8. The Balaban J connectivity index is 1.45. The summed E-state index contributed by atoms with van der Waals surface area (Å²) in [7, 11) is 0. The number of anilines is 1. The highest BCUT2D eigenvalue weighted by Gasteiger charge is 2.33. The Hall–Kier alpha value is -3.06. The summed E-state index contributed by atoms with van der Waals surface area (Å²) >= 11 is 5.83. The van der Waals surface area contributed by atoms with Crippen molar-refractivity contribution in [2.24, 2.45) is 5.92 Å². The minimum absolute atomic E-state index is 0.103. The predicted octanol–water partition coefficient (Wildman–Crippen LogP) is 4.61. The first-order valence-corrected chi connectivity index (χ1v) is 11.4. The molecule has 2 aromatic carbocycles. The van der Waals surface area contributed by atoms with Crippen LogP contribution in [-0.2, 0) is 14.4 Å². The van der Waals surface area contributed by atoms with E-state index in [-0.39, 0.29) is 24.3 Å². The molecule has 8 heteroatoms. The van der Waals surface area contributed by atoms with Crippen LogP contribution < -0.4 is 15.4 Å². The number of carbonyl (C=O) groups excluding carboxylic acids is 2. The number of hydrogen-bond acceptors (Lipinski definition) is 4. The number of aliphatic carboxylic acids is 1. The molecule has 0 unspecified atom stereocenters. The summed E-state index contributed by atoms with van der Waals surface area (Å²) in [5, 5.41) is 15.2. The van der Waals surface area contributed by atoms with Crippen LogP contribution in [0.15, 0.2) is 48.5 Å².